The van der Waals surface area contributed by atoms with E-state index in [4.69, 9.17) is 5.11 Å². The number of rotatable bonds is 4. The molecule has 1 unspecified atom stereocenters. The first-order valence-corrected chi connectivity index (χ1v) is 7.24. The summed E-state index contributed by atoms with van der Waals surface area (Å²) >= 11 is 0. The molecule has 1 aliphatic heterocycles. The van der Waals surface area contributed by atoms with E-state index in [1.807, 2.05) is 0 Å². The maximum Gasteiger partial charge on any atom is 0.303 e. The van der Waals surface area contributed by atoms with Crippen molar-refractivity contribution in [1.82, 2.24) is 4.90 Å². The van der Waals surface area contributed by atoms with Crippen LogP contribution in [0.5, 0.6) is 0 Å². The molecule has 0 aliphatic carbocycles. The molecule has 0 saturated carbocycles. The van der Waals surface area contributed by atoms with Crippen molar-refractivity contribution < 1.29 is 19.1 Å². The Labute approximate surface area is 123 Å². The van der Waals surface area contributed by atoms with Crippen molar-refractivity contribution in [1.29, 1.82) is 0 Å². The van der Waals surface area contributed by atoms with Crippen molar-refractivity contribution >= 4 is 11.9 Å². The lowest BCUT2D eigenvalue weighted by molar-refractivity contribution is -0.137. The summed E-state index contributed by atoms with van der Waals surface area (Å²) in [4.78, 5) is 24.7. The highest BCUT2D eigenvalue weighted by molar-refractivity contribution is 5.94. The minimum absolute atomic E-state index is 0.0967. The summed E-state index contributed by atoms with van der Waals surface area (Å²) in [5.41, 5.74) is 0.876. The Kier molecular flexibility index (Phi) is 4.94. The molecule has 2 rings (SSSR count). The highest BCUT2D eigenvalue weighted by Crippen LogP contribution is 2.23. The lowest BCUT2D eigenvalue weighted by Gasteiger charge is -2.32. The summed E-state index contributed by atoms with van der Waals surface area (Å²) in [5.74, 6) is -1.42. The summed E-state index contributed by atoms with van der Waals surface area (Å²) in [7, 11) is 0. The highest BCUT2D eigenvalue weighted by atomic mass is 19.1. The van der Waals surface area contributed by atoms with Crippen molar-refractivity contribution in [2.24, 2.45) is 5.92 Å². The molecule has 21 heavy (non-hydrogen) atoms. The molecule has 0 aromatic heterocycles. The van der Waals surface area contributed by atoms with Crippen LogP contribution in [0.1, 0.15) is 41.6 Å². The molecule has 1 aromatic carbocycles. The van der Waals surface area contributed by atoms with Crippen LogP contribution >= 0.6 is 0 Å². The number of likely N-dealkylation sites (tertiary alicyclic amines) is 1. The molecule has 1 heterocycles. The number of aliphatic carboxylic acids is 1. The Balaban J connectivity index is 2.03. The van der Waals surface area contributed by atoms with Crippen molar-refractivity contribution in [3.63, 3.8) is 0 Å². The van der Waals surface area contributed by atoms with Crippen LogP contribution in [-0.2, 0) is 4.79 Å². The van der Waals surface area contributed by atoms with Crippen LogP contribution in [0.15, 0.2) is 18.2 Å². The molecule has 1 fully saturated rings. The van der Waals surface area contributed by atoms with E-state index in [-0.39, 0.29) is 23.8 Å². The first kappa shape index (κ1) is 15.5. The van der Waals surface area contributed by atoms with Gasteiger partial charge in [-0.1, -0.05) is 6.07 Å². The van der Waals surface area contributed by atoms with E-state index < -0.39 is 11.8 Å². The maximum absolute atomic E-state index is 13.9. The number of hydrogen-bond donors (Lipinski definition) is 1. The summed E-state index contributed by atoms with van der Waals surface area (Å²) in [5, 5.41) is 8.73. The zero-order valence-electron chi connectivity index (χ0n) is 12.1. The van der Waals surface area contributed by atoms with Crippen molar-refractivity contribution in [2.45, 2.75) is 32.6 Å². The van der Waals surface area contributed by atoms with Crippen molar-refractivity contribution in [2.75, 3.05) is 13.1 Å². The first-order valence-electron chi connectivity index (χ1n) is 7.24. The van der Waals surface area contributed by atoms with Gasteiger partial charge in [0.2, 0.25) is 0 Å². The second-order valence-corrected chi connectivity index (χ2v) is 5.68. The van der Waals surface area contributed by atoms with Crippen LogP contribution in [0.4, 0.5) is 4.39 Å². The Morgan fingerprint density at radius 2 is 2.19 bits per heavy atom. The second-order valence-electron chi connectivity index (χ2n) is 5.68. The third-order valence-electron chi connectivity index (χ3n) is 3.93. The lowest BCUT2D eigenvalue weighted by atomic mass is 9.93. The molecule has 1 atom stereocenters. The quantitative estimate of drug-likeness (QED) is 0.928. The van der Waals surface area contributed by atoms with Gasteiger partial charge in [0.25, 0.3) is 5.91 Å². The van der Waals surface area contributed by atoms with E-state index in [0.717, 1.165) is 18.4 Å². The molecule has 0 radical (unpaired) electrons. The number of carboxylic acids is 1. The largest absolute Gasteiger partial charge is 0.481 e. The first-order chi connectivity index (χ1) is 9.97. The molecule has 1 aliphatic rings. The van der Waals surface area contributed by atoms with Gasteiger partial charge in [-0.15, -0.1) is 0 Å². The number of halogens is 1. The van der Waals surface area contributed by atoms with E-state index in [9.17, 15) is 14.0 Å². The smallest absolute Gasteiger partial charge is 0.303 e. The summed E-state index contributed by atoms with van der Waals surface area (Å²) in [6.07, 6.45) is 2.44. The van der Waals surface area contributed by atoms with Gasteiger partial charge in [-0.3, -0.25) is 9.59 Å². The number of amides is 1. The number of aryl methyl sites for hydroxylation is 1. The number of piperidine rings is 1. The van der Waals surface area contributed by atoms with Gasteiger partial charge in [-0.2, -0.15) is 0 Å². The molecule has 1 N–H and O–H groups in total. The van der Waals surface area contributed by atoms with Gasteiger partial charge in [0.1, 0.15) is 5.82 Å². The summed E-state index contributed by atoms with van der Waals surface area (Å²) < 4.78 is 13.9. The van der Waals surface area contributed by atoms with E-state index in [2.05, 4.69) is 0 Å². The molecular formula is C16H20FNO3. The molecule has 0 spiro atoms. The van der Waals surface area contributed by atoms with Gasteiger partial charge >= 0.3 is 5.97 Å². The number of hydrogen-bond acceptors (Lipinski definition) is 2. The predicted octanol–water partition coefficient (Wildman–Crippen LogP) is 2.85. The molecule has 1 aromatic rings. The van der Waals surface area contributed by atoms with Crippen LogP contribution in [0.25, 0.3) is 0 Å². The van der Waals surface area contributed by atoms with E-state index in [0.29, 0.717) is 19.5 Å². The third-order valence-corrected chi connectivity index (χ3v) is 3.93. The normalized spacial score (nSPS) is 18.6. The number of nitrogens with zero attached hydrogens (tertiary/aromatic N) is 1. The maximum atomic E-state index is 13.9. The predicted molar refractivity (Wildman–Crippen MR) is 76.6 cm³/mol. The average molecular weight is 293 g/mol. The van der Waals surface area contributed by atoms with Gasteiger partial charge in [0.05, 0.1) is 5.56 Å². The highest BCUT2D eigenvalue weighted by Gasteiger charge is 2.26. The Morgan fingerprint density at radius 3 is 2.86 bits per heavy atom. The Morgan fingerprint density at radius 1 is 1.43 bits per heavy atom. The minimum atomic E-state index is -0.817. The zero-order chi connectivity index (χ0) is 15.4. The van der Waals surface area contributed by atoms with Crippen molar-refractivity contribution in [3.8, 4) is 0 Å². The van der Waals surface area contributed by atoms with Crippen LogP contribution < -0.4 is 0 Å². The molecule has 5 heteroatoms. The Hall–Kier alpha value is -1.91. The lowest BCUT2D eigenvalue weighted by Crippen LogP contribution is -2.40. The van der Waals surface area contributed by atoms with Gasteiger partial charge in [0.15, 0.2) is 0 Å². The monoisotopic (exact) mass is 293 g/mol. The molecular weight excluding hydrogens is 273 g/mol. The Bertz CT molecular complexity index is 544. The average Bonchev–Trinajstić information content (AvgIpc) is 2.45. The van der Waals surface area contributed by atoms with Gasteiger partial charge in [0, 0.05) is 19.5 Å². The summed E-state index contributed by atoms with van der Waals surface area (Å²) in [6, 6.07) is 4.61. The fourth-order valence-electron chi connectivity index (χ4n) is 2.78. The van der Waals surface area contributed by atoms with Gasteiger partial charge in [-0.25, -0.2) is 4.39 Å². The number of carbonyl (C=O) groups excluding carboxylic acids is 1. The molecule has 0 bridgehead atoms. The minimum Gasteiger partial charge on any atom is -0.481 e. The van der Waals surface area contributed by atoms with E-state index in [1.165, 1.54) is 12.1 Å². The SMILES string of the molecule is Cc1ccc(C(=O)N2CCCC(CCC(=O)O)C2)c(F)c1. The van der Waals surface area contributed by atoms with E-state index >= 15 is 0 Å². The van der Waals surface area contributed by atoms with Crippen molar-refractivity contribution in [3.05, 3.63) is 35.1 Å². The van der Waals surface area contributed by atoms with Crippen LogP contribution in [0.3, 0.4) is 0 Å². The molecule has 4 nitrogen and oxygen atoms in total. The molecule has 114 valence electrons. The number of benzene rings is 1. The number of carboxylic acid groups (broad SMARTS) is 1. The summed E-state index contributed by atoms with van der Waals surface area (Å²) in [6.45, 7) is 2.90. The topological polar surface area (TPSA) is 57.6 Å². The van der Waals surface area contributed by atoms with Gasteiger partial charge < -0.3 is 10.0 Å². The fourth-order valence-corrected chi connectivity index (χ4v) is 2.78. The molecule has 1 saturated heterocycles. The van der Waals surface area contributed by atoms with Gasteiger partial charge in [-0.05, 0) is 49.8 Å². The second kappa shape index (κ2) is 6.70. The molecule has 1 amide bonds. The fraction of sp³-hybridized carbons (Fsp3) is 0.500. The number of carbonyl (C=O) groups is 2. The van der Waals surface area contributed by atoms with Crippen LogP contribution in [-0.4, -0.2) is 35.0 Å². The standard InChI is InChI=1S/C16H20FNO3/c1-11-4-6-13(14(17)9-11)16(21)18-8-2-3-12(10-18)5-7-15(19)20/h4,6,9,12H,2-3,5,7-8,10H2,1H3,(H,19,20). The zero-order valence-corrected chi connectivity index (χ0v) is 12.1. The third kappa shape index (κ3) is 4.03. The van der Waals surface area contributed by atoms with Crippen LogP contribution in [0.2, 0.25) is 0 Å². The van der Waals surface area contributed by atoms with E-state index in [1.54, 1.807) is 17.9 Å². The van der Waals surface area contributed by atoms with Crippen LogP contribution in [0, 0.1) is 18.7 Å².